The molecule has 0 spiro atoms. The molecule has 0 radical (unpaired) electrons. The number of rotatable bonds is 8. The van der Waals surface area contributed by atoms with E-state index in [1.807, 2.05) is 14.1 Å². The molecule has 1 rings (SSSR count). The number of nitrogens with zero attached hydrogens (tertiary/aromatic N) is 2. The molecule has 0 aromatic heterocycles. The number of unbranched alkanes of at least 4 members (excludes halogenated alkanes) is 1. The van der Waals surface area contributed by atoms with Gasteiger partial charge in [-0.15, -0.1) is 0 Å². The van der Waals surface area contributed by atoms with Crippen LogP contribution in [0.4, 0.5) is 5.69 Å². The summed E-state index contributed by atoms with van der Waals surface area (Å²) < 4.78 is 15.8. The number of carbonyl (C=O) groups is 1. The monoisotopic (exact) mass is 308 g/mol. The lowest BCUT2D eigenvalue weighted by Crippen LogP contribution is -2.08. The van der Waals surface area contributed by atoms with Crippen molar-refractivity contribution in [3.8, 4) is 11.5 Å². The maximum atomic E-state index is 11.9. The summed E-state index contributed by atoms with van der Waals surface area (Å²) in [4.78, 5) is 18.0. The second-order valence-electron chi connectivity index (χ2n) is 4.92. The highest BCUT2D eigenvalue weighted by Gasteiger charge is 2.17. The van der Waals surface area contributed by atoms with Crippen LogP contribution in [-0.2, 0) is 4.74 Å². The van der Waals surface area contributed by atoms with Gasteiger partial charge >= 0.3 is 5.97 Å². The van der Waals surface area contributed by atoms with Crippen LogP contribution < -0.4 is 9.47 Å². The molecule has 0 amide bonds. The molecular formula is C16H24N2O4. The van der Waals surface area contributed by atoms with E-state index in [2.05, 4.69) is 11.9 Å². The van der Waals surface area contributed by atoms with Gasteiger partial charge in [-0.2, -0.15) is 0 Å². The second-order valence-corrected chi connectivity index (χ2v) is 4.92. The highest BCUT2D eigenvalue weighted by molar-refractivity contribution is 5.96. The molecule has 0 aliphatic heterocycles. The van der Waals surface area contributed by atoms with E-state index in [1.54, 1.807) is 23.4 Å². The molecule has 0 aliphatic carbocycles. The Labute approximate surface area is 131 Å². The third-order valence-corrected chi connectivity index (χ3v) is 2.87. The van der Waals surface area contributed by atoms with Gasteiger partial charge in [-0.3, -0.25) is 0 Å². The summed E-state index contributed by atoms with van der Waals surface area (Å²) in [5.74, 6) is 0.583. The molecular weight excluding hydrogens is 284 g/mol. The van der Waals surface area contributed by atoms with Crippen molar-refractivity contribution >= 4 is 18.0 Å². The first-order valence-corrected chi connectivity index (χ1v) is 7.17. The van der Waals surface area contributed by atoms with Crippen molar-refractivity contribution in [2.75, 3.05) is 34.9 Å². The van der Waals surface area contributed by atoms with Crippen LogP contribution in [0.15, 0.2) is 17.1 Å². The van der Waals surface area contributed by atoms with Crippen molar-refractivity contribution in [2.24, 2.45) is 4.99 Å². The maximum absolute atomic E-state index is 11.9. The summed E-state index contributed by atoms with van der Waals surface area (Å²) in [6, 6.07) is 3.29. The second kappa shape index (κ2) is 8.92. The Balaban J connectivity index is 3.23. The Hall–Kier alpha value is -2.24. The predicted octanol–water partition coefficient (Wildman–Crippen LogP) is 2.88. The van der Waals surface area contributed by atoms with E-state index in [-0.39, 0.29) is 0 Å². The summed E-state index contributed by atoms with van der Waals surface area (Å²) in [5.41, 5.74) is 0.813. The van der Waals surface area contributed by atoms with Gasteiger partial charge in [0.15, 0.2) is 11.5 Å². The fourth-order valence-corrected chi connectivity index (χ4v) is 1.71. The van der Waals surface area contributed by atoms with Crippen LogP contribution in [-0.4, -0.2) is 52.1 Å². The van der Waals surface area contributed by atoms with Gasteiger partial charge in [0.1, 0.15) is 0 Å². The lowest BCUT2D eigenvalue weighted by Gasteiger charge is -2.14. The summed E-state index contributed by atoms with van der Waals surface area (Å²) in [6.45, 7) is 2.68. The Morgan fingerprint density at radius 1 is 1.27 bits per heavy atom. The van der Waals surface area contributed by atoms with Gasteiger partial charge in [0.25, 0.3) is 0 Å². The Bertz CT molecular complexity index is 527. The molecule has 6 nitrogen and oxygen atoms in total. The summed E-state index contributed by atoms with van der Waals surface area (Å²) in [5, 5.41) is 0. The molecule has 0 heterocycles. The number of hydrogen-bond donors (Lipinski definition) is 0. The number of hydrogen-bond acceptors (Lipinski definition) is 5. The van der Waals surface area contributed by atoms with Gasteiger partial charge < -0.3 is 19.1 Å². The summed E-state index contributed by atoms with van der Waals surface area (Å²) in [7, 11) is 6.57. The van der Waals surface area contributed by atoms with E-state index in [4.69, 9.17) is 14.2 Å². The number of methoxy groups -OCH3 is 2. The van der Waals surface area contributed by atoms with Gasteiger partial charge in [-0.25, -0.2) is 9.79 Å². The van der Waals surface area contributed by atoms with Crippen LogP contribution in [0.25, 0.3) is 0 Å². The van der Waals surface area contributed by atoms with Crippen LogP contribution in [0.3, 0.4) is 0 Å². The van der Waals surface area contributed by atoms with Crippen LogP contribution >= 0.6 is 0 Å². The lowest BCUT2D eigenvalue weighted by atomic mass is 10.1. The van der Waals surface area contributed by atoms with E-state index in [0.29, 0.717) is 29.4 Å². The fourth-order valence-electron chi connectivity index (χ4n) is 1.71. The van der Waals surface area contributed by atoms with E-state index < -0.39 is 5.97 Å². The molecule has 0 bridgehead atoms. The average Bonchev–Trinajstić information content (AvgIpc) is 2.52. The maximum Gasteiger partial charge on any atom is 0.340 e. The van der Waals surface area contributed by atoms with Crippen molar-refractivity contribution < 1.29 is 19.0 Å². The SMILES string of the molecule is CCCCOc1cc(/N=C/N(C)C)c(C(=O)OC)cc1OC. The largest absolute Gasteiger partial charge is 0.493 e. The predicted molar refractivity (Wildman–Crippen MR) is 86.6 cm³/mol. The third-order valence-electron chi connectivity index (χ3n) is 2.87. The molecule has 0 unspecified atom stereocenters. The highest BCUT2D eigenvalue weighted by Crippen LogP contribution is 2.35. The molecule has 122 valence electrons. The first-order chi connectivity index (χ1) is 10.5. The van der Waals surface area contributed by atoms with Crippen LogP contribution in [0.5, 0.6) is 11.5 Å². The normalized spacial score (nSPS) is 10.6. The molecule has 22 heavy (non-hydrogen) atoms. The summed E-state index contributed by atoms with van der Waals surface area (Å²) >= 11 is 0. The molecule has 6 heteroatoms. The number of aliphatic imine (C=N–C) groups is 1. The van der Waals surface area contributed by atoms with Crippen LogP contribution in [0.2, 0.25) is 0 Å². The smallest absolute Gasteiger partial charge is 0.340 e. The number of esters is 1. The van der Waals surface area contributed by atoms with Gasteiger partial charge in [-0.05, 0) is 6.42 Å². The first-order valence-electron chi connectivity index (χ1n) is 7.17. The zero-order valence-electron chi connectivity index (χ0n) is 13.9. The van der Waals surface area contributed by atoms with E-state index >= 15 is 0 Å². The Morgan fingerprint density at radius 3 is 2.55 bits per heavy atom. The van der Waals surface area contributed by atoms with Gasteiger partial charge in [0, 0.05) is 26.2 Å². The van der Waals surface area contributed by atoms with Gasteiger partial charge in [0.2, 0.25) is 0 Å². The standard InChI is InChI=1S/C16H24N2O4/c1-6-7-8-22-15-10-13(17-11-18(2)3)12(16(19)21-5)9-14(15)20-4/h9-11H,6-8H2,1-5H3/b17-11+. The van der Waals surface area contributed by atoms with E-state index in [1.165, 1.54) is 14.2 Å². The van der Waals surface area contributed by atoms with Crippen LogP contribution in [0.1, 0.15) is 30.1 Å². The summed E-state index contributed by atoms with van der Waals surface area (Å²) in [6.07, 6.45) is 3.59. The zero-order chi connectivity index (χ0) is 16.5. The number of ether oxygens (including phenoxy) is 3. The minimum Gasteiger partial charge on any atom is -0.493 e. The van der Waals surface area contributed by atoms with E-state index in [9.17, 15) is 4.79 Å². The van der Waals surface area contributed by atoms with Crippen molar-refractivity contribution in [1.29, 1.82) is 0 Å². The molecule has 0 saturated heterocycles. The van der Waals surface area contributed by atoms with Gasteiger partial charge in [-0.1, -0.05) is 13.3 Å². The quantitative estimate of drug-likeness (QED) is 0.320. The number of benzene rings is 1. The van der Waals surface area contributed by atoms with Crippen molar-refractivity contribution in [3.63, 3.8) is 0 Å². The zero-order valence-corrected chi connectivity index (χ0v) is 13.9. The molecule has 1 aromatic rings. The fraction of sp³-hybridized carbons (Fsp3) is 0.500. The number of carbonyl (C=O) groups excluding carboxylic acids is 1. The van der Waals surface area contributed by atoms with Crippen molar-refractivity contribution in [2.45, 2.75) is 19.8 Å². The molecule has 0 N–H and O–H groups in total. The third kappa shape index (κ3) is 4.95. The van der Waals surface area contributed by atoms with Crippen LogP contribution in [0, 0.1) is 0 Å². The molecule has 0 aliphatic rings. The molecule has 0 atom stereocenters. The molecule has 1 aromatic carbocycles. The minimum atomic E-state index is -0.468. The topological polar surface area (TPSA) is 60.4 Å². The molecule has 0 fully saturated rings. The van der Waals surface area contributed by atoms with Crippen molar-refractivity contribution in [1.82, 2.24) is 4.90 Å². The first kappa shape index (κ1) is 17.8. The average molecular weight is 308 g/mol. The van der Waals surface area contributed by atoms with E-state index in [0.717, 1.165) is 12.8 Å². The molecule has 0 saturated carbocycles. The van der Waals surface area contributed by atoms with Gasteiger partial charge in [0.05, 0.1) is 38.4 Å². The Kier molecular flexibility index (Phi) is 7.22. The highest BCUT2D eigenvalue weighted by atomic mass is 16.5. The minimum absolute atomic E-state index is 0.334. The Morgan fingerprint density at radius 2 is 2.00 bits per heavy atom. The van der Waals surface area contributed by atoms with Crippen molar-refractivity contribution in [3.05, 3.63) is 17.7 Å². The lowest BCUT2D eigenvalue weighted by molar-refractivity contribution is 0.0601.